The number of thiophene rings is 1. The van der Waals surface area contributed by atoms with Gasteiger partial charge < -0.3 is 5.32 Å². The molecule has 7 heteroatoms. The molecule has 0 bridgehead atoms. The molecule has 1 amide bonds. The fourth-order valence-electron chi connectivity index (χ4n) is 3.79. The lowest BCUT2D eigenvalue weighted by atomic mass is 9.95. The smallest absolute Gasteiger partial charge is 0.345 e. The molecule has 0 aromatic carbocycles. The Balaban J connectivity index is 1.41. The molecule has 1 atom stereocenters. The van der Waals surface area contributed by atoms with Crippen LogP contribution in [0.5, 0.6) is 0 Å². The molecule has 0 saturated carbocycles. The van der Waals surface area contributed by atoms with Crippen molar-refractivity contribution in [2.24, 2.45) is 13.0 Å². The van der Waals surface area contributed by atoms with E-state index in [4.69, 9.17) is 0 Å². The van der Waals surface area contributed by atoms with Crippen LogP contribution < -0.4 is 11.0 Å². The highest BCUT2D eigenvalue weighted by Gasteiger charge is 2.27. The van der Waals surface area contributed by atoms with Crippen molar-refractivity contribution in [3.05, 3.63) is 37.7 Å². The molecule has 2 aromatic heterocycles. The number of amides is 1. The van der Waals surface area contributed by atoms with Gasteiger partial charge in [0.1, 0.15) is 5.82 Å². The number of nitrogens with one attached hydrogen (secondary N) is 1. The van der Waals surface area contributed by atoms with Gasteiger partial charge in [-0.15, -0.1) is 11.3 Å². The van der Waals surface area contributed by atoms with Gasteiger partial charge in [-0.25, -0.2) is 9.48 Å². The van der Waals surface area contributed by atoms with Gasteiger partial charge in [0.05, 0.1) is 5.92 Å². The third-order valence-corrected chi connectivity index (χ3v) is 6.31. The molecule has 1 aliphatic carbocycles. The Labute approximate surface area is 144 Å². The molecule has 128 valence electrons. The SMILES string of the molecule is Cn1nc2n(c1=O)CC(C(=O)NCc1csc3c1CCCC3)CC2. The van der Waals surface area contributed by atoms with Crippen LogP contribution in [0.3, 0.4) is 0 Å². The Morgan fingerprint density at radius 1 is 1.38 bits per heavy atom. The Hall–Kier alpha value is -1.89. The zero-order chi connectivity index (χ0) is 16.7. The normalized spacial score (nSPS) is 19.6. The summed E-state index contributed by atoms with van der Waals surface area (Å²) in [4.78, 5) is 26.1. The lowest BCUT2D eigenvalue weighted by Crippen LogP contribution is -2.38. The maximum Gasteiger partial charge on any atom is 0.345 e. The third-order valence-electron chi connectivity index (χ3n) is 5.18. The number of carbonyl (C=O) groups excluding carboxylic acids is 1. The summed E-state index contributed by atoms with van der Waals surface area (Å²) in [5.41, 5.74) is 2.61. The highest BCUT2D eigenvalue weighted by atomic mass is 32.1. The van der Waals surface area contributed by atoms with Gasteiger partial charge in [0.25, 0.3) is 0 Å². The van der Waals surface area contributed by atoms with Crippen LogP contribution in [0, 0.1) is 5.92 Å². The largest absolute Gasteiger partial charge is 0.352 e. The van der Waals surface area contributed by atoms with Crippen molar-refractivity contribution in [2.75, 3.05) is 0 Å². The van der Waals surface area contributed by atoms with Crippen LogP contribution >= 0.6 is 11.3 Å². The van der Waals surface area contributed by atoms with Crippen molar-refractivity contribution in [3.8, 4) is 0 Å². The molecule has 4 rings (SSSR count). The number of aryl methyl sites for hydroxylation is 3. The van der Waals surface area contributed by atoms with Gasteiger partial charge in [0.15, 0.2) is 0 Å². The molecule has 2 aliphatic rings. The van der Waals surface area contributed by atoms with Crippen LogP contribution in [-0.2, 0) is 44.2 Å². The summed E-state index contributed by atoms with van der Waals surface area (Å²) < 4.78 is 2.99. The molecule has 0 saturated heterocycles. The molecule has 0 radical (unpaired) electrons. The summed E-state index contributed by atoms with van der Waals surface area (Å²) in [5, 5.41) is 9.50. The number of carbonyl (C=O) groups is 1. The molecule has 1 unspecified atom stereocenters. The first-order valence-electron chi connectivity index (χ1n) is 8.62. The van der Waals surface area contributed by atoms with E-state index in [9.17, 15) is 9.59 Å². The van der Waals surface area contributed by atoms with Crippen molar-refractivity contribution < 1.29 is 4.79 Å². The van der Waals surface area contributed by atoms with E-state index in [-0.39, 0.29) is 17.5 Å². The molecule has 24 heavy (non-hydrogen) atoms. The fraction of sp³-hybridized carbons (Fsp3) is 0.588. The van der Waals surface area contributed by atoms with Crippen LogP contribution in [0.25, 0.3) is 0 Å². The predicted molar refractivity (Wildman–Crippen MR) is 92.1 cm³/mol. The zero-order valence-corrected chi connectivity index (χ0v) is 14.7. The van der Waals surface area contributed by atoms with E-state index in [0.29, 0.717) is 19.5 Å². The number of hydrogen-bond donors (Lipinski definition) is 1. The molecule has 0 fully saturated rings. The maximum absolute atomic E-state index is 12.5. The molecule has 1 aliphatic heterocycles. The molecule has 2 aromatic rings. The second-order valence-corrected chi connectivity index (χ2v) is 7.72. The summed E-state index contributed by atoms with van der Waals surface area (Å²) in [5.74, 6) is 0.694. The van der Waals surface area contributed by atoms with Crippen LogP contribution in [0.4, 0.5) is 0 Å². The average molecular weight is 346 g/mol. The van der Waals surface area contributed by atoms with E-state index in [1.54, 1.807) is 11.6 Å². The average Bonchev–Trinajstić information content (AvgIpc) is 3.14. The lowest BCUT2D eigenvalue weighted by Gasteiger charge is -2.22. The number of hydrogen-bond acceptors (Lipinski definition) is 4. The van der Waals surface area contributed by atoms with Crippen molar-refractivity contribution >= 4 is 17.2 Å². The molecule has 0 spiro atoms. The van der Waals surface area contributed by atoms with Crippen molar-refractivity contribution in [1.29, 1.82) is 0 Å². The molecular weight excluding hydrogens is 324 g/mol. The topological polar surface area (TPSA) is 68.9 Å². The third kappa shape index (κ3) is 2.70. The Kier molecular flexibility index (Phi) is 4.04. The van der Waals surface area contributed by atoms with Crippen molar-refractivity contribution in [2.45, 2.75) is 51.6 Å². The highest BCUT2D eigenvalue weighted by molar-refractivity contribution is 7.10. The molecule has 1 N–H and O–H groups in total. The van der Waals surface area contributed by atoms with E-state index in [1.807, 2.05) is 11.3 Å². The van der Waals surface area contributed by atoms with E-state index in [2.05, 4.69) is 15.8 Å². The Bertz CT molecular complexity index is 832. The monoisotopic (exact) mass is 346 g/mol. The van der Waals surface area contributed by atoms with E-state index < -0.39 is 0 Å². The second-order valence-electron chi connectivity index (χ2n) is 6.76. The first kappa shape index (κ1) is 15.6. The minimum atomic E-state index is -0.145. The molecular formula is C17H22N4O2S. The minimum absolute atomic E-state index is 0.0483. The van der Waals surface area contributed by atoms with E-state index in [1.165, 1.54) is 39.9 Å². The zero-order valence-electron chi connectivity index (χ0n) is 13.9. The summed E-state index contributed by atoms with van der Waals surface area (Å²) in [6, 6.07) is 0. The van der Waals surface area contributed by atoms with E-state index >= 15 is 0 Å². The number of rotatable bonds is 3. The Morgan fingerprint density at radius 3 is 3.08 bits per heavy atom. The van der Waals surface area contributed by atoms with Gasteiger partial charge in [-0.3, -0.25) is 9.36 Å². The van der Waals surface area contributed by atoms with Crippen molar-refractivity contribution in [1.82, 2.24) is 19.7 Å². The predicted octanol–water partition coefficient (Wildman–Crippen LogP) is 1.40. The van der Waals surface area contributed by atoms with E-state index in [0.717, 1.165) is 18.7 Å². The molecule has 3 heterocycles. The van der Waals surface area contributed by atoms with Gasteiger partial charge in [-0.05, 0) is 48.6 Å². The fourth-order valence-corrected chi connectivity index (χ4v) is 4.94. The van der Waals surface area contributed by atoms with Crippen LogP contribution in [-0.4, -0.2) is 20.3 Å². The van der Waals surface area contributed by atoms with Crippen LogP contribution in [0.15, 0.2) is 10.2 Å². The summed E-state index contributed by atoms with van der Waals surface area (Å²) in [6.45, 7) is 1.05. The highest BCUT2D eigenvalue weighted by Crippen LogP contribution is 2.30. The number of aromatic nitrogens is 3. The standard InChI is InChI=1S/C17H22N4O2S/c1-20-17(23)21-9-11(6-7-15(21)19-20)16(22)18-8-12-10-24-14-5-3-2-4-13(12)14/h10-11H,2-9H2,1H3,(H,18,22). The first-order chi connectivity index (χ1) is 11.6. The lowest BCUT2D eigenvalue weighted by molar-refractivity contribution is -0.126. The summed E-state index contributed by atoms with van der Waals surface area (Å²) in [6.07, 6.45) is 6.29. The Morgan fingerprint density at radius 2 is 2.21 bits per heavy atom. The van der Waals surface area contributed by atoms with Gasteiger partial charge in [-0.2, -0.15) is 5.10 Å². The van der Waals surface area contributed by atoms with Gasteiger partial charge in [0.2, 0.25) is 5.91 Å². The molecule has 6 nitrogen and oxygen atoms in total. The number of fused-ring (bicyclic) bond motifs is 2. The number of nitrogens with zero attached hydrogens (tertiary/aromatic N) is 3. The second kappa shape index (κ2) is 6.20. The van der Waals surface area contributed by atoms with Gasteiger partial charge in [-0.1, -0.05) is 0 Å². The first-order valence-corrected chi connectivity index (χ1v) is 9.50. The van der Waals surface area contributed by atoms with Crippen LogP contribution in [0.1, 0.15) is 41.1 Å². The van der Waals surface area contributed by atoms with Gasteiger partial charge in [0, 0.05) is 31.4 Å². The quantitative estimate of drug-likeness (QED) is 0.913. The summed E-state index contributed by atoms with van der Waals surface area (Å²) in [7, 11) is 1.66. The van der Waals surface area contributed by atoms with Crippen molar-refractivity contribution in [3.63, 3.8) is 0 Å². The van der Waals surface area contributed by atoms with Crippen LogP contribution in [0.2, 0.25) is 0 Å². The van der Waals surface area contributed by atoms with Gasteiger partial charge >= 0.3 is 5.69 Å². The maximum atomic E-state index is 12.5. The minimum Gasteiger partial charge on any atom is -0.352 e. The summed E-state index contributed by atoms with van der Waals surface area (Å²) >= 11 is 1.83.